The molecule has 3 aliphatic rings. The van der Waals surface area contributed by atoms with E-state index >= 15 is 0 Å². The topological polar surface area (TPSA) is 15.7 Å². The first-order valence-corrected chi connectivity index (χ1v) is 8.97. The van der Waals surface area contributed by atoms with Gasteiger partial charge in [-0.1, -0.05) is 18.6 Å². The minimum atomic E-state index is 0.874. The summed E-state index contributed by atoms with van der Waals surface area (Å²) in [6, 6.07) is 9.30. The maximum atomic E-state index is 5.53. The second kappa shape index (κ2) is 6.11. The van der Waals surface area contributed by atoms with Crippen LogP contribution in [0.2, 0.25) is 0 Å². The summed E-state index contributed by atoms with van der Waals surface area (Å²) in [6.07, 6.45) is 7.43. The lowest BCUT2D eigenvalue weighted by atomic mass is 9.84. The van der Waals surface area contributed by atoms with Crippen LogP contribution < -0.4 is 9.64 Å². The lowest BCUT2D eigenvalue weighted by Crippen LogP contribution is -2.52. The van der Waals surface area contributed by atoms with Crippen LogP contribution in [0.1, 0.15) is 32.1 Å². The SMILES string of the molecule is COc1ccccc1N1CCN([C@@H]2CC[C@H]3CC[C@H]2C3)CC1. The van der Waals surface area contributed by atoms with Crippen molar-refractivity contribution >= 4 is 5.69 Å². The summed E-state index contributed by atoms with van der Waals surface area (Å²) in [5.41, 5.74) is 1.26. The molecule has 1 aromatic carbocycles. The fourth-order valence-electron chi connectivity index (χ4n) is 5.03. The van der Waals surface area contributed by atoms with E-state index < -0.39 is 0 Å². The van der Waals surface area contributed by atoms with E-state index in [1.807, 2.05) is 0 Å². The third-order valence-electron chi connectivity index (χ3n) is 6.21. The van der Waals surface area contributed by atoms with Crippen LogP contribution in [0.3, 0.4) is 0 Å². The molecule has 2 saturated carbocycles. The maximum Gasteiger partial charge on any atom is 0.142 e. The van der Waals surface area contributed by atoms with Gasteiger partial charge < -0.3 is 9.64 Å². The minimum absolute atomic E-state index is 0.874. The van der Waals surface area contributed by atoms with Crippen molar-refractivity contribution in [2.75, 3.05) is 38.2 Å². The predicted octanol–water partition coefficient (Wildman–Crippen LogP) is 3.40. The van der Waals surface area contributed by atoms with Crippen molar-refractivity contribution in [1.29, 1.82) is 0 Å². The lowest BCUT2D eigenvalue weighted by Gasteiger charge is -2.44. The molecule has 22 heavy (non-hydrogen) atoms. The van der Waals surface area contributed by atoms with E-state index in [2.05, 4.69) is 34.1 Å². The van der Waals surface area contributed by atoms with Crippen LogP contribution in [0.4, 0.5) is 5.69 Å². The van der Waals surface area contributed by atoms with E-state index in [0.29, 0.717) is 0 Å². The first-order valence-electron chi connectivity index (χ1n) is 8.97. The molecule has 3 heteroatoms. The molecule has 0 amide bonds. The molecular weight excluding hydrogens is 272 g/mol. The Kier molecular flexibility index (Phi) is 4.00. The second-order valence-electron chi connectivity index (χ2n) is 7.28. The number of benzene rings is 1. The van der Waals surface area contributed by atoms with Crippen LogP contribution in [0.25, 0.3) is 0 Å². The Labute approximate surface area is 134 Å². The summed E-state index contributed by atoms with van der Waals surface area (Å²) >= 11 is 0. The highest BCUT2D eigenvalue weighted by atomic mass is 16.5. The number of methoxy groups -OCH3 is 1. The van der Waals surface area contributed by atoms with Crippen LogP contribution in [0.15, 0.2) is 24.3 Å². The van der Waals surface area contributed by atoms with E-state index in [4.69, 9.17) is 4.74 Å². The number of para-hydroxylation sites is 2. The minimum Gasteiger partial charge on any atom is -0.495 e. The van der Waals surface area contributed by atoms with Gasteiger partial charge in [-0.2, -0.15) is 0 Å². The van der Waals surface area contributed by atoms with Crippen LogP contribution in [-0.4, -0.2) is 44.2 Å². The molecule has 3 fully saturated rings. The molecular formula is C19H28N2O. The van der Waals surface area contributed by atoms with Gasteiger partial charge in [-0.3, -0.25) is 4.90 Å². The normalized spacial score (nSPS) is 32.2. The number of nitrogens with zero attached hydrogens (tertiary/aromatic N) is 2. The third kappa shape index (κ3) is 2.60. The van der Waals surface area contributed by atoms with Crippen LogP contribution in [0, 0.1) is 11.8 Å². The smallest absolute Gasteiger partial charge is 0.142 e. The van der Waals surface area contributed by atoms with Crippen molar-refractivity contribution in [3.05, 3.63) is 24.3 Å². The standard InChI is InChI=1S/C19H28N2O/c1-22-19-5-3-2-4-18(19)21-12-10-20(11-13-21)17-9-7-15-6-8-16(17)14-15/h2-5,15-17H,6-14H2,1H3/t15-,16+,17-/m1/s1. The fourth-order valence-corrected chi connectivity index (χ4v) is 5.03. The zero-order valence-corrected chi connectivity index (χ0v) is 13.7. The van der Waals surface area contributed by atoms with E-state index in [0.717, 1.165) is 36.7 Å². The molecule has 2 bridgehead atoms. The number of rotatable bonds is 3. The first-order chi connectivity index (χ1) is 10.8. The second-order valence-corrected chi connectivity index (χ2v) is 7.28. The summed E-state index contributed by atoms with van der Waals surface area (Å²) < 4.78 is 5.53. The van der Waals surface area contributed by atoms with Gasteiger partial charge in [0.05, 0.1) is 12.8 Å². The Bertz CT molecular complexity index is 510. The molecule has 1 heterocycles. The molecule has 2 aliphatic carbocycles. The zero-order chi connectivity index (χ0) is 14.9. The van der Waals surface area contributed by atoms with Gasteiger partial charge in [0.1, 0.15) is 5.75 Å². The summed E-state index contributed by atoms with van der Waals surface area (Å²) in [5.74, 6) is 3.07. The molecule has 0 N–H and O–H groups in total. The highest BCUT2D eigenvalue weighted by Gasteiger charge is 2.39. The van der Waals surface area contributed by atoms with Crippen molar-refractivity contribution in [1.82, 2.24) is 4.90 Å². The van der Waals surface area contributed by atoms with E-state index in [1.165, 1.54) is 50.9 Å². The molecule has 4 rings (SSSR count). The Hall–Kier alpha value is -1.22. The van der Waals surface area contributed by atoms with Gasteiger partial charge in [0.2, 0.25) is 0 Å². The van der Waals surface area contributed by atoms with Gasteiger partial charge in [-0.05, 0) is 49.7 Å². The molecule has 3 nitrogen and oxygen atoms in total. The van der Waals surface area contributed by atoms with Crippen LogP contribution >= 0.6 is 0 Å². The molecule has 0 unspecified atom stereocenters. The zero-order valence-electron chi connectivity index (χ0n) is 13.7. The highest BCUT2D eigenvalue weighted by molar-refractivity contribution is 5.58. The van der Waals surface area contributed by atoms with Crippen molar-refractivity contribution in [3.8, 4) is 5.75 Å². The van der Waals surface area contributed by atoms with E-state index in [-0.39, 0.29) is 0 Å². The quantitative estimate of drug-likeness (QED) is 0.851. The maximum absolute atomic E-state index is 5.53. The predicted molar refractivity (Wildman–Crippen MR) is 90.6 cm³/mol. The largest absolute Gasteiger partial charge is 0.495 e. The number of ether oxygens (including phenoxy) is 1. The molecule has 0 spiro atoms. The van der Waals surface area contributed by atoms with Crippen molar-refractivity contribution in [2.45, 2.75) is 38.1 Å². The average molecular weight is 300 g/mol. The number of fused-ring (bicyclic) bond motifs is 2. The van der Waals surface area contributed by atoms with Gasteiger partial charge >= 0.3 is 0 Å². The molecule has 1 aliphatic heterocycles. The molecule has 1 aromatic rings. The third-order valence-corrected chi connectivity index (χ3v) is 6.21. The van der Waals surface area contributed by atoms with Gasteiger partial charge in [0.25, 0.3) is 0 Å². The average Bonchev–Trinajstić information content (AvgIpc) is 2.96. The highest BCUT2D eigenvalue weighted by Crippen LogP contribution is 2.44. The summed E-state index contributed by atoms with van der Waals surface area (Å²) in [6.45, 7) is 4.69. The number of piperazine rings is 1. The Morgan fingerprint density at radius 3 is 2.55 bits per heavy atom. The number of hydrogen-bond donors (Lipinski definition) is 0. The van der Waals surface area contributed by atoms with Crippen molar-refractivity contribution < 1.29 is 4.74 Å². The molecule has 0 radical (unpaired) electrons. The number of anilines is 1. The Morgan fingerprint density at radius 1 is 0.955 bits per heavy atom. The Morgan fingerprint density at radius 2 is 1.73 bits per heavy atom. The summed E-state index contributed by atoms with van der Waals surface area (Å²) in [5, 5.41) is 0. The van der Waals surface area contributed by atoms with E-state index in [9.17, 15) is 0 Å². The van der Waals surface area contributed by atoms with Gasteiger partial charge in [0.15, 0.2) is 0 Å². The van der Waals surface area contributed by atoms with Crippen LogP contribution in [0.5, 0.6) is 5.75 Å². The first kappa shape index (κ1) is 14.4. The van der Waals surface area contributed by atoms with Gasteiger partial charge in [0, 0.05) is 32.2 Å². The monoisotopic (exact) mass is 300 g/mol. The van der Waals surface area contributed by atoms with E-state index in [1.54, 1.807) is 7.11 Å². The molecule has 0 aromatic heterocycles. The molecule has 3 atom stereocenters. The lowest BCUT2D eigenvalue weighted by molar-refractivity contribution is 0.103. The van der Waals surface area contributed by atoms with Gasteiger partial charge in [-0.15, -0.1) is 0 Å². The molecule has 1 saturated heterocycles. The number of hydrogen-bond acceptors (Lipinski definition) is 3. The molecule has 120 valence electrons. The van der Waals surface area contributed by atoms with Crippen LogP contribution in [-0.2, 0) is 0 Å². The summed E-state index contributed by atoms with van der Waals surface area (Å²) in [7, 11) is 1.77. The fraction of sp³-hybridized carbons (Fsp3) is 0.684. The summed E-state index contributed by atoms with van der Waals surface area (Å²) in [4.78, 5) is 5.29. The van der Waals surface area contributed by atoms with Crippen molar-refractivity contribution in [3.63, 3.8) is 0 Å². The van der Waals surface area contributed by atoms with Gasteiger partial charge in [-0.25, -0.2) is 0 Å². The van der Waals surface area contributed by atoms with Crippen molar-refractivity contribution in [2.24, 2.45) is 11.8 Å². The Balaban J connectivity index is 1.40.